The van der Waals surface area contributed by atoms with E-state index in [2.05, 4.69) is 4.98 Å². The first kappa shape index (κ1) is 13.9. The quantitative estimate of drug-likeness (QED) is 0.709. The van der Waals surface area contributed by atoms with E-state index in [-0.39, 0.29) is 18.0 Å². The molecule has 3 aromatic rings. The highest BCUT2D eigenvalue weighted by Gasteiger charge is 2.14. The maximum atomic E-state index is 12.3. The zero-order valence-corrected chi connectivity index (χ0v) is 11.7. The Morgan fingerprint density at radius 1 is 1.00 bits per heavy atom. The lowest BCUT2D eigenvalue weighted by atomic mass is 10.1. The minimum Gasteiger partial charge on any atom is -0.485 e. The number of hydrogen-bond donors (Lipinski definition) is 2. The molecule has 0 aliphatic carbocycles. The normalized spacial score (nSPS) is 10.5. The predicted octanol–water partition coefficient (Wildman–Crippen LogP) is 2.53. The molecule has 5 heteroatoms. The average Bonchev–Trinajstić information content (AvgIpc) is 2.97. The van der Waals surface area contributed by atoms with Gasteiger partial charge in [-0.15, -0.1) is 0 Å². The Kier molecular flexibility index (Phi) is 3.62. The molecule has 0 bridgehead atoms. The largest absolute Gasteiger partial charge is 0.485 e. The van der Waals surface area contributed by atoms with Crippen LogP contribution in [0.2, 0.25) is 0 Å². The Balaban J connectivity index is 1.80. The Labute approximate surface area is 126 Å². The van der Waals surface area contributed by atoms with Crippen LogP contribution in [0, 0.1) is 0 Å². The fourth-order valence-corrected chi connectivity index (χ4v) is 2.32. The Bertz CT molecular complexity index is 852. The molecule has 1 aromatic heterocycles. The molecule has 0 spiro atoms. The van der Waals surface area contributed by atoms with Crippen LogP contribution in [0.4, 0.5) is 0 Å². The van der Waals surface area contributed by atoms with Crippen molar-refractivity contribution in [3.8, 4) is 5.75 Å². The summed E-state index contributed by atoms with van der Waals surface area (Å²) in [7, 11) is 0. The summed E-state index contributed by atoms with van der Waals surface area (Å²) in [5.74, 6) is -0.449. The summed E-state index contributed by atoms with van der Waals surface area (Å²) in [5.41, 5.74) is 6.99. The first-order valence-corrected chi connectivity index (χ1v) is 6.78. The number of para-hydroxylation sites is 2. The number of H-pyrrole nitrogens is 1. The Hall–Kier alpha value is -3.08. The number of carbonyl (C=O) groups excluding carboxylic acids is 2. The number of hydrogen-bond acceptors (Lipinski definition) is 3. The van der Waals surface area contributed by atoms with Crippen LogP contribution in [0.1, 0.15) is 20.7 Å². The number of primary amides is 1. The third-order valence-corrected chi connectivity index (χ3v) is 3.40. The standard InChI is InChI=1S/C17H14N2O3/c18-17(21)12-6-2-4-8-16(12)22-10-15(20)13-9-19-14-7-3-1-5-11(13)14/h1-9,19H,10H2,(H2,18,21). The number of rotatable bonds is 5. The summed E-state index contributed by atoms with van der Waals surface area (Å²) in [6.45, 7) is -0.161. The van der Waals surface area contributed by atoms with Gasteiger partial charge in [0.1, 0.15) is 5.75 Å². The van der Waals surface area contributed by atoms with Gasteiger partial charge in [0.2, 0.25) is 5.78 Å². The van der Waals surface area contributed by atoms with Crippen LogP contribution in [-0.2, 0) is 0 Å². The van der Waals surface area contributed by atoms with Gasteiger partial charge in [-0.3, -0.25) is 9.59 Å². The molecule has 3 rings (SSSR count). The minimum atomic E-state index is -0.588. The Morgan fingerprint density at radius 3 is 2.55 bits per heavy atom. The topological polar surface area (TPSA) is 85.2 Å². The number of benzene rings is 2. The smallest absolute Gasteiger partial charge is 0.252 e. The number of nitrogens with two attached hydrogens (primary N) is 1. The van der Waals surface area contributed by atoms with Crippen molar-refractivity contribution >= 4 is 22.6 Å². The molecular formula is C17H14N2O3. The van der Waals surface area contributed by atoms with Crippen molar-refractivity contribution in [2.24, 2.45) is 5.73 Å². The molecule has 0 radical (unpaired) electrons. The van der Waals surface area contributed by atoms with Gasteiger partial charge in [-0.2, -0.15) is 0 Å². The molecule has 5 nitrogen and oxygen atoms in total. The maximum absolute atomic E-state index is 12.3. The van der Waals surface area contributed by atoms with Gasteiger partial charge in [0.05, 0.1) is 5.56 Å². The number of nitrogens with one attached hydrogen (secondary N) is 1. The van der Waals surface area contributed by atoms with Gasteiger partial charge >= 0.3 is 0 Å². The second-order valence-electron chi connectivity index (χ2n) is 4.82. The van der Waals surface area contributed by atoms with Crippen LogP contribution in [0.15, 0.2) is 54.7 Å². The molecule has 0 saturated carbocycles. The van der Waals surface area contributed by atoms with E-state index in [9.17, 15) is 9.59 Å². The number of fused-ring (bicyclic) bond motifs is 1. The fraction of sp³-hybridized carbons (Fsp3) is 0.0588. The van der Waals surface area contributed by atoms with Crippen LogP contribution in [0.5, 0.6) is 5.75 Å². The van der Waals surface area contributed by atoms with Crippen molar-refractivity contribution in [3.63, 3.8) is 0 Å². The Morgan fingerprint density at radius 2 is 1.73 bits per heavy atom. The van der Waals surface area contributed by atoms with Crippen molar-refractivity contribution in [2.45, 2.75) is 0 Å². The zero-order valence-electron chi connectivity index (χ0n) is 11.7. The third kappa shape index (κ3) is 2.56. The van der Waals surface area contributed by atoms with E-state index in [1.807, 2.05) is 24.3 Å². The molecular weight excluding hydrogens is 280 g/mol. The summed E-state index contributed by atoms with van der Waals surface area (Å²) >= 11 is 0. The van der Waals surface area contributed by atoms with Crippen LogP contribution < -0.4 is 10.5 Å². The highest BCUT2D eigenvalue weighted by molar-refractivity contribution is 6.08. The number of aromatic nitrogens is 1. The van der Waals surface area contributed by atoms with Crippen molar-refractivity contribution in [2.75, 3.05) is 6.61 Å². The van der Waals surface area contributed by atoms with Gasteiger partial charge in [0, 0.05) is 22.7 Å². The van der Waals surface area contributed by atoms with E-state index in [1.54, 1.807) is 30.5 Å². The fourth-order valence-electron chi connectivity index (χ4n) is 2.32. The van der Waals surface area contributed by atoms with Crippen LogP contribution in [-0.4, -0.2) is 23.3 Å². The van der Waals surface area contributed by atoms with E-state index >= 15 is 0 Å². The van der Waals surface area contributed by atoms with Crippen LogP contribution in [0.25, 0.3) is 10.9 Å². The number of ketones is 1. The number of amides is 1. The third-order valence-electron chi connectivity index (χ3n) is 3.40. The molecule has 0 fully saturated rings. The zero-order chi connectivity index (χ0) is 15.5. The summed E-state index contributed by atoms with van der Waals surface area (Å²) in [4.78, 5) is 26.7. The van der Waals surface area contributed by atoms with Gasteiger partial charge in [0.15, 0.2) is 6.61 Å². The lowest BCUT2D eigenvalue weighted by Crippen LogP contribution is -2.16. The summed E-state index contributed by atoms with van der Waals surface area (Å²) in [6, 6.07) is 14.1. The maximum Gasteiger partial charge on any atom is 0.252 e. The van der Waals surface area contributed by atoms with Gasteiger partial charge in [0.25, 0.3) is 5.91 Å². The highest BCUT2D eigenvalue weighted by Crippen LogP contribution is 2.20. The highest BCUT2D eigenvalue weighted by atomic mass is 16.5. The molecule has 0 saturated heterocycles. The number of Topliss-reactive ketones (excluding diaryl/α,β-unsaturated/α-hetero) is 1. The van der Waals surface area contributed by atoms with E-state index in [0.717, 1.165) is 10.9 Å². The number of aromatic amines is 1. The van der Waals surface area contributed by atoms with Crippen molar-refractivity contribution < 1.29 is 14.3 Å². The lowest BCUT2D eigenvalue weighted by molar-refractivity contribution is 0.0913. The van der Waals surface area contributed by atoms with E-state index in [1.165, 1.54) is 0 Å². The van der Waals surface area contributed by atoms with E-state index in [4.69, 9.17) is 10.5 Å². The molecule has 0 atom stereocenters. The van der Waals surface area contributed by atoms with Crippen LogP contribution in [0.3, 0.4) is 0 Å². The molecule has 3 N–H and O–H groups in total. The molecule has 110 valence electrons. The predicted molar refractivity (Wildman–Crippen MR) is 83.1 cm³/mol. The summed E-state index contributed by atoms with van der Waals surface area (Å²) in [5, 5.41) is 0.847. The number of ether oxygens (including phenoxy) is 1. The molecule has 1 heterocycles. The monoisotopic (exact) mass is 294 g/mol. The molecule has 2 aromatic carbocycles. The molecule has 0 unspecified atom stereocenters. The molecule has 0 aliphatic rings. The van der Waals surface area contributed by atoms with Gasteiger partial charge < -0.3 is 15.5 Å². The van der Waals surface area contributed by atoms with Crippen molar-refractivity contribution in [3.05, 3.63) is 65.9 Å². The van der Waals surface area contributed by atoms with Gasteiger partial charge in [-0.25, -0.2) is 0 Å². The summed E-state index contributed by atoms with van der Waals surface area (Å²) < 4.78 is 5.47. The first-order chi connectivity index (χ1) is 10.7. The average molecular weight is 294 g/mol. The molecule has 0 aliphatic heterocycles. The lowest BCUT2D eigenvalue weighted by Gasteiger charge is -2.08. The van der Waals surface area contributed by atoms with Crippen molar-refractivity contribution in [1.29, 1.82) is 0 Å². The minimum absolute atomic E-state index is 0.161. The first-order valence-electron chi connectivity index (χ1n) is 6.78. The SMILES string of the molecule is NC(=O)c1ccccc1OCC(=O)c1c[nH]c2ccccc12. The van der Waals surface area contributed by atoms with E-state index in [0.29, 0.717) is 11.3 Å². The summed E-state index contributed by atoms with van der Waals surface area (Å²) in [6.07, 6.45) is 1.66. The second-order valence-corrected chi connectivity index (χ2v) is 4.82. The van der Waals surface area contributed by atoms with Gasteiger partial charge in [-0.05, 0) is 18.2 Å². The molecule has 22 heavy (non-hydrogen) atoms. The molecule has 1 amide bonds. The van der Waals surface area contributed by atoms with Crippen molar-refractivity contribution in [1.82, 2.24) is 4.98 Å². The second kappa shape index (κ2) is 5.73. The number of carbonyl (C=O) groups is 2. The van der Waals surface area contributed by atoms with Gasteiger partial charge in [-0.1, -0.05) is 30.3 Å². The van der Waals surface area contributed by atoms with Crippen LogP contribution >= 0.6 is 0 Å². The van der Waals surface area contributed by atoms with E-state index < -0.39 is 5.91 Å².